The average molecular weight is 434 g/mol. The van der Waals surface area contributed by atoms with Gasteiger partial charge in [-0.1, -0.05) is 30.3 Å². The van der Waals surface area contributed by atoms with Crippen LogP contribution in [0.15, 0.2) is 42.5 Å². The molecular weight excluding hydrogens is 398 g/mol. The summed E-state index contributed by atoms with van der Waals surface area (Å²) >= 11 is 0. The maximum absolute atomic E-state index is 12.9. The zero-order chi connectivity index (χ0) is 22.3. The van der Waals surface area contributed by atoms with E-state index in [-0.39, 0.29) is 11.5 Å². The number of hydrogen-bond donors (Lipinski definition) is 1. The van der Waals surface area contributed by atoms with Gasteiger partial charge in [0.05, 0.1) is 5.56 Å². The van der Waals surface area contributed by atoms with Crippen molar-refractivity contribution >= 4 is 11.6 Å². The quantitative estimate of drug-likeness (QED) is 0.724. The molecule has 2 fully saturated rings. The monoisotopic (exact) mass is 433 g/mol. The van der Waals surface area contributed by atoms with Crippen LogP contribution in [0, 0.1) is 5.41 Å². The molecule has 3 aliphatic heterocycles. The molecule has 0 bridgehead atoms. The van der Waals surface area contributed by atoms with Gasteiger partial charge in [0.25, 0.3) is 5.91 Å². The molecule has 3 heterocycles. The third kappa shape index (κ3) is 4.11. The summed E-state index contributed by atoms with van der Waals surface area (Å²) in [6, 6.07) is 14.0. The van der Waals surface area contributed by atoms with Crippen molar-refractivity contribution in [2.24, 2.45) is 5.41 Å². The third-order valence-corrected chi connectivity index (χ3v) is 7.79. The lowest BCUT2D eigenvalue weighted by Crippen LogP contribution is -2.48. The van der Waals surface area contributed by atoms with E-state index in [0.29, 0.717) is 16.7 Å². The highest BCUT2D eigenvalue weighted by atomic mass is 16.5. The molecule has 0 aliphatic carbocycles. The summed E-state index contributed by atoms with van der Waals surface area (Å²) in [5, 5.41) is 0. The normalized spacial score (nSPS) is 21.9. The van der Waals surface area contributed by atoms with E-state index in [1.54, 1.807) is 0 Å². The molecule has 5 heteroatoms. The molecule has 2 aromatic rings. The van der Waals surface area contributed by atoms with E-state index in [4.69, 9.17) is 10.5 Å². The van der Waals surface area contributed by atoms with Crippen LogP contribution in [0.3, 0.4) is 0 Å². The van der Waals surface area contributed by atoms with E-state index < -0.39 is 0 Å². The van der Waals surface area contributed by atoms with Crippen molar-refractivity contribution in [1.29, 1.82) is 0 Å². The summed E-state index contributed by atoms with van der Waals surface area (Å²) in [6.07, 6.45) is 5.60. The van der Waals surface area contributed by atoms with Crippen molar-refractivity contribution in [3.8, 4) is 5.75 Å². The second-order valence-corrected chi connectivity index (χ2v) is 10.6. The van der Waals surface area contributed by atoms with Gasteiger partial charge in [-0.2, -0.15) is 0 Å². The molecule has 32 heavy (non-hydrogen) atoms. The predicted molar refractivity (Wildman–Crippen MR) is 128 cm³/mol. The number of para-hydroxylation sites is 2. The van der Waals surface area contributed by atoms with Crippen molar-refractivity contribution in [2.75, 3.05) is 31.9 Å². The number of anilines is 1. The van der Waals surface area contributed by atoms with Crippen molar-refractivity contribution in [1.82, 2.24) is 9.80 Å². The van der Waals surface area contributed by atoms with Crippen molar-refractivity contribution < 1.29 is 9.53 Å². The van der Waals surface area contributed by atoms with Gasteiger partial charge < -0.3 is 15.4 Å². The smallest absolute Gasteiger partial charge is 0.255 e. The first kappa shape index (κ1) is 21.3. The van der Waals surface area contributed by atoms with Crippen LogP contribution in [0.25, 0.3) is 0 Å². The molecule has 0 radical (unpaired) electrons. The van der Waals surface area contributed by atoms with Crippen LogP contribution in [0.4, 0.5) is 5.69 Å². The van der Waals surface area contributed by atoms with Crippen molar-refractivity contribution in [3.63, 3.8) is 0 Å². The van der Waals surface area contributed by atoms with Crippen LogP contribution >= 0.6 is 0 Å². The van der Waals surface area contributed by atoms with E-state index in [9.17, 15) is 4.79 Å². The molecule has 0 saturated carbocycles. The minimum absolute atomic E-state index is 0.0799. The second-order valence-electron chi connectivity index (χ2n) is 10.6. The van der Waals surface area contributed by atoms with Gasteiger partial charge in [-0.15, -0.1) is 0 Å². The second kappa shape index (κ2) is 8.11. The lowest BCUT2D eigenvalue weighted by Gasteiger charge is -2.47. The maximum atomic E-state index is 12.9. The Labute approximate surface area is 191 Å². The molecule has 3 aliphatic rings. The molecule has 1 spiro atoms. The molecule has 0 atom stereocenters. The Kier molecular flexibility index (Phi) is 5.40. The van der Waals surface area contributed by atoms with Gasteiger partial charge in [-0.05, 0) is 75.7 Å². The van der Waals surface area contributed by atoms with E-state index in [0.717, 1.165) is 57.7 Å². The molecule has 0 unspecified atom stereocenters. The van der Waals surface area contributed by atoms with Crippen LogP contribution in [0.5, 0.6) is 5.75 Å². The lowest BCUT2D eigenvalue weighted by molar-refractivity contribution is 0.0282. The standard InChI is InChI=1S/C27H35N3O2/c1-26(2)18-20-6-5-7-21(24(20)32-26)19-29-14-10-27(11-15-29)12-16-30(17-13-27)25(31)22-8-3-4-9-23(22)28/h3-9H,10-19,28H2,1-2H3. The predicted octanol–water partition coefficient (Wildman–Crippen LogP) is 4.50. The fraction of sp³-hybridized carbons (Fsp3) is 0.519. The van der Waals surface area contributed by atoms with Crippen LogP contribution in [0.2, 0.25) is 0 Å². The van der Waals surface area contributed by atoms with Gasteiger partial charge in [0, 0.05) is 37.3 Å². The SMILES string of the molecule is CC1(C)Cc2cccc(CN3CCC4(CC3)CCN(C(=O)c3ccccc3N)CC4)c2O1. The van der Waals surface area contributed by atoms with Crippen molar-refractivity contribution in [2.45, 2.75) is 58.1 Å². The Bertz CT molecular complexity index is 998. The van der Waals surface area contributed by atoms with Crippen molar-refractivity contribution in [3.05, 3.63) is 59.2 Å². The number of piperidine rings is 2. The fourth-order valence-electron chi connectivity index (χ4n) is 5.78. The Hall–Kier alpha value is -2.53. The first-order chi connectivity index (χ1) is 15.3. The number of fused-ring (bicyclic) bond motifs is 1. The lowest BCUT2D eigenvalue weighted by atomic mass is 9.71. The third-order valence-electron chi connectivity index (χ3n) is 7.79. The molecule has 1 amide bonds. The maximum Gasteiger partial charge on any atom is 0.255 e. The Balaban J connectivity index is 1.17. The number of carbonyl (C=O) groups excluding carboxylic acids is 1. The number of nitrogens with two attached hydrogens (primary N) is 1. The number of amides is 1. The van der Waals surface area contributed by atoms with Gasteiger partial charge >= 0.3 is 0 Å². The summed E-state index contributed by atoms with van der Waals surface area (Å²) in [5.41, 5.74) is 10.2. The van der Waals surface area contributed by atoms with Gasteiger partial charge in [-0.3, -0.25) is 9.69 Å². The van der Waals surface area contributed by atoms with Gasteiger partial charge in [-0.25, -0.2) is 0 Å². The Morgan fingerprint density at radius 2 is 1.66 bits per heavy atom. The summed E-state index contributed by atoms with van der Waals surface area (Å²) < 4.78 is 6.28. The zero-order valence-corrected chi connectivity index (χ0v) is 19.4. The number of hydrogen-bond acceptors (Lipinski definition) is 4. The number of ether oxygens (including phenoxy) is 1. The minimum atomic E-state index is -0.0970. The zero-order valence-electron chi connectivity index (χ0n) is 19.4. The first-order valence-electron chi connectivity index (χ1n) is 12.0. The van der Waals surface area contributed by atoms with Crippen LogP contribution in [-0.4, -0.2) is 47.5 Å². The van der Waals surface area contributed by atoms with E-state index in [2.05, 4.69) is 36.9 Å². The molecule has 5 nitrogen and oxygen atoms in total. The van der Waals surface area contributed by atoms with Crippen LogP contribution in [0.1, 0.15) is 61.0 Å². The Morgan fingerprint density at radius 3 is 2.38 bits per heavy atom. The topological polar surface area (TPSA) is 58.8 Å². The van der Waals surface area contributed by atoms with Crippen LogP contribution < -0.4 is 10.5 Å². The molecule has 2 aromatic carbocycles. The number of nitrogens with zero attached hydrogens (tertiary/aromatic N) is 2. The first-order valence-corrected chi connectivity index (χ1v) is 12.0. The van der Waals surface area contributed by atoms with E-state index in [1.165, 1.54) is 24.0 Å². The largest absolute Gasteiger partial charge is 0.487 e. The Morgan fingerprint density at radius 1 is 0.969 bits per heavy atom. The number of nitrogen functional groups attached to an aromatic ring is 1. The van der Waals surface area contributed by atoms with E-state index in [1.807, 2.05) is 29.2 Å². The molecule has 5 rings (SSSR count). The number of likely N-dealkylation sites (tertiary alicyclic amines) is 2. The molecule has 2 saturated heterocycles. The number of carbonyl (C=O) groups is 1. The number of rotatable bonds is 3. The molecule has 2 N–H and O–H groups in total. The van der Waals surface area contributed by atoms with Gasteiger partial charge in [0.1, 0.15) is 11.4 Å². The summed E-state index contributed by atoms with van der Waals surface area (Å²) in [6.45, 7) is 9.21. The number of benzene rings is 2. The average Bonchev–Trinajstić information content (AvgIpc) is 3.11. The van der Waals surface area contributed by atoms with Crippen LogP contribution in [-0.2, 0) is 13.0 Å². The molecule has 0 aromatic heterocycles. The van der Waals surface area contributed by atoms with Gasteiger partial charge in [0.2, 0.25) is 0 Å². The molecular formula is C27H35N3O2. The molecule has 170 valence electrons. The summed E-state index contributed by atoms with van der Waals surface area (Å²) in [4.78, 5) is 17.5. The highest BCUT2D eigenvalue weighted by Gasteiger charge is 2.39. The van der Waals surface area contributed by atoms with E-state index >= 15 is 0 Å². The summed E-state index contributed by atoms with van der Waals surface area (Å²) in [7, 11) is 0. The highest BCUT2D eigenvalue weighted by Crippen LogP contribution is 2.43. The van der Waals surface area contributed by atoms with Gasteiger partial charge in [0.15, 0.2) is 0 Å². The highest BCUT2D eigenvalue weighted by molar-refractivity contribution is 5.99. The summed E-state index contributed by atoms with van der Waals surface area (Å²) in [5.74, 6) is 1.20. The minimum Gasteiger partial charge on any atom is -0.487 e. The fourth-order valence-corrected chi connectivity index (χ4v) is 5.78.